The first-order chi connectivity index (χ1) is 8.13. The molecule has 1 aromatic rings. The van der Waals surface area contributed by atoms with Crippen molar-refractivity contribution in [2.75, 3.05) is 12.0 Å². The fourth-order valence-corrected chi connectivity index (χ4v) is 2.17. The van der Waals surface area contributed by atoms with Crippen LogP contribution in [-0.4, -0.2) is 24.2 Å². The number of hydrogen-bond acceptors (Lipinski definition) is 3. The predicted octanol–water partition coefficient (Wildman–Crippen LogP) is 1.44. The number of nitrogens with one attached hydrogen (secondary N) is 1. The number of thiocarbonyl (C=S) groups is 1. The highest BCUT2D eigenvalue weighted by atomic mass is 32.1. The number of ether oxygens (including phenoxy) is 1. The van der Waals surface area contributed by atoms with Gasteiger partial charge in [0, 0.05) is 7.11 Å². The molecule has 1 amide bonds. The van der Waals surface area contributed by atoms with E-state index in [0.29, 0.717) is 11.7 Å². The second-order valence-corrected chi connectivity index (χ2v) is 4.33. The molecule has 1 fully saturated rings. The maximum Gasteiger partial charge on any atom is 0.255 e. The quantitative estimate of drug-likeness (QED) is 0.824. The average Bonchev–Trinajstić information content (AvgIpc) is 2.54. The Kier molecular flexibility index (Phi) is 3.40. The Morgan fingerprint density at radius 1 is 1.53 bits per heavy atom. The molecule has 0 bridgehead atoms. The van der Waals surface area contributed by atoms with Gasteiger partial charge in [-0.15, -0.1) is 0 Å². The molecular formula is C12H14N2O2S. The molecule has 0 spiro atoms. The number of benzene rings is 1. The SMILES string of the molecule is COCc1cccc(N2C(=O)C(C)NC2=S)c1. The number of nitrogens with zero attached hydrogens (tertiary/aromatic N) is 1. The zero-order valence-corrected chi connectivity index (χ0v) is 10.6. The van der Waals surface area contributed by atoms with Crippen molar-refractivity contribution in [3.63, 3.8) is 0 Å². The van der Waals surface area contributed by atoms with E-state index in [1.165, 1.54) is 4.90 Å². The molecule has 1 N–H and O–H groups in total. The molecule has 1 heterocycles. The summed E-state index contributed by atoms with van der Waals surface area (Å²) in [6.45, 7) is 2.32. The minimum Gasteiger partial charge on any atom is -0.380 e. The summed E-state index contributed by atoms with van der Waals surface area (Å²) < 4.78 is 5.07. The van der Waals surface area contributed by atoms with E-state index in [1.54, 1.807) is 14.0 Å². The van der Waals surface area contributed by atoms with Gasteiger partial charge < -0.3 is 10.1 Å². The fourth-order valence-electron chi connectivity index (χ4n) is 1.80. The second-order valence-electron chi connectivity index (χ2n) is 3.95. The Balaban J connectivity index is 2.30. The highest BCUT2D eigenvalue weighted by molar-refractivity contribution is 7.80. The lowest BCUT2D eigenvalue weighted by atomic mass is 10.2. The number of amides is 1. The first-order valence-corrected chi connectivity index (χ1v) is 5.76. The molecule has 1 unspecified atom stereocenters. The Hall–Kier alpha value is -1.46. The maximum absolute atomic E-state index is 11.9. The fraction of sp³-hybridized carbons (Fsp3) is 0.333. The lowest BCUT2D eigenvalue weighted by Crippen LogP contribution is -2.30. The molecule has 2 rings (SSSR count). The van der Waals surface area contributed by atoms with E-state index in [0.717, 1.165) is 11.3 Å². The number of methoxy groups -OCH3 is 1. The summed E-state index contributed by atoms with van der Waals surface area (Å²) in [5.41, 5.74) is 1.80. The smallest absolute Gasteiger partial charge is 0.255 e. The van der Waals surface area contributed by atoms with Crippen LogP contribution in [-0.2, 0) is 16.1 Å². The Morgan fingerprint density at radius 3 is 2.88 bits per heavy atom. The summed E-state index contributed by atoms with van der Waals surface area (Å²) in [5.74, 6) is -0.0235. The normalized spacial score (nSPS) is 19.6. The van der Waals surface area contributed by atoms with Gasteiger partial charge in [-0.25, -0.2) is 0 Å². The number of rotatable bonds is 3. The van der Waals surface area contributed by atoms with Gasteiger partial charge in [0.15, 0.2) is 5.11 Å². The highest BCUT2D eigenvalue weighted by Gasteiger charge is 2.33. The molecule has 1 atom stereocenters. The monoisotopic (exact) mass is 250 g/mol. The zero-order chi connectivity index (χ0) is 12.4. The third kappa shape index (κ3) is 2.30. The van der Waals surface area contributed by atoms with Gasteiger partial charge in [0.2, 0.25) is 0 Å². The maximum atomic E-state index is 11.9. The van der Waals surface area contributed by atoms with Gasteiger partial charge >= 0.3 is 0 Å². The zero-order valence-electron chi connectivity index (χ0n) is 9.77. The van der Waals surface area contributed by atoms with Crippen LogP contribution < -0.4 is 10.2 Å². The van der Waals surface area contributed by atoms with Crippen LogP contribution in [0.5, 0.6) is 0 Å². The van der Waals surface area contributed by atoms with Crippen molar-refractivity contribution >= 4 is 28.9 Å². The largest absolute Gasteiger partial charge is 0.380 e. The summed E-state index contributed by atoms with van der Waals surface area (Å²) in [4.78, 5) is 13.5. The number of hydrogen-bond donors (Lipinski definition) is 1. The van der Waals surface area contributed by atoms with Crippen molar-refractivity contribution in [1.82, 2.24) is 5.32 Å². The van der Waals surface area contributed by atoms with Crippen molar-refractivity contribution in [3.8, 4) is 0 Å². The van der Waals surface area contributed by atoms with Crippen molar-refractivity contribution in [2.45, 2.75) is 19.6 Å². The van der Waals surface area contributed by atoms with Crippen LogP contribution in [0.3, 0.4) is 0 Å². The topological polar surface area (TPSA) is 41.6 Å². The molecule has 4 nitrogen and oxygen atoms in total. The Bertz CT molecular complexity index is 462. The first-order valence-electron chi connectivity index (χ1n) is 5.36. The standard InChI is InChI=1S/C12H14N2O2S/c1-8-11(15)14(12(17)13-8)10-5-3-4-9(6-10)7-16-2/h3-6,8H,7H2,1-2H3,(H,13,17). The van der Waals surface area contributed by atoms with E-state index in [9.17, 15) is 4.79 Å². The van der Waals surface area contributed by atoms with Crippen LogP contribution in [0.1, 0.15) is 12.5 Å². The molecule has 0 aromatic heterocycles. The summed E-state index contributed by atoms with van der Waals surface area (Å²) >= 11 is 5.15. The molecule has 17 heavy (non-hydrogen) atoms. The van der Waals surface area contributed by atoms with Crippen molar-refractivity contribution < 1.29 is 9.53 Å². The van der Waals surface area contributed by atoms with E-state index >= 15 is 0 Å². The van der Waals surface area contributed by atoms with Crippen LogP contribution in [0.15, 0.2) is 24.3 Å². The number of carbonyl (C=O) groups is 1. The van der Waals surface area contributed by atoms with Crippen molar-refractivity contribution in [1.29, 1.82) is 0 Å². The van der Waals surface area contributed by atoms with Gasteiger partial charge in [0.25, 0.3) is 5.91 Å². The van der Waals surface area contributed by atoms with Crippen LogP contribution in [0.2, 0.25) is 0 Å². The van der Waals surface area contributed by atoms with E-state index in [4.69, 9.17) is 17.0 Å². The van der Waals surface area contributed by atoms with Crippen molar-refractivity contribution in [3.05, 3.63) is 29.8 Å². The highest BCUT2D eigenvalue weighted by Crippen LogP contribution is 2.21. The predicted molar refractivity (Wildman–Crippen MR) is 69.8 cm³/mol. The summed E-state index contributed by atoms with van der Waals surface area (Å²) in [7, 11) is 1.64. The van der Waals surface area contributed by atoms with Crippen LogP contribution in [0.25, 0.3) is 0 Å². The molecule has 0 saturated carbocycles. The van der Waals surface area contributed by atoms with Gasteiger partial charge in [-0.05, 0) is 36.8 Å². The van der Waals surface area contributed by atoms with Gasteiger partial charge in [-0.3, -0.25) is 9.69 Å². The van der Waals surface area contributed by atoms with Crippen LogP contribution >= 0.6 is 12.2 Å². The van der Waals surface area contributed by atoms with Gasteiger partial charge in [0.05, 0.1) is 12.3 Å². The van der Waals surface area contributed by atoms with E-state index in [2.05, 4.69) is 5.32 Å². The molecule has 0 aliphatic carbocycles. The molecule has 5 heteroatoms. The second kappa shape index (κ2) is 4.81. The first kappa shape index (κ1) is 12.0. The molecule has 90 valence electrons. The van der Waals surface area contributed by atoms with Crippen LogP contribution in [0, 0.1) is 0 Å². The summed E-state index contributed by atoms with van der Waals surface area (Å²) in [6.07, 6.45) is 0. The molecule has 1 aliphatic rings. The van der Waals surface area contributed by atoms with E-state index in [-0.39, 0.29) is 11.9 Å². The van der Waals surface area contributed by atoms with Gasteiger partial charge in [0.1, 0.15) is 6.04 Å². The Morgan fingerprint density at radius 2 is 2.29 bits per heavy atom. The molecular weight excluding hydrogens is 236 g/mol. The van der Waals surface area contributed by atoms with E-state index < -0.39 is 0 Å². The lowest BCUT2D eigenvalue weighted by molar-refractivity contribution is -0.117. The van der Waals surface area contributed by atoms with E-state index in [1.807, 2.05) is 24.3 Å². The molecule has 1 saturated heterocycles. The van der Waals surface area contributed by atoms with Crippen molar-refractivity contribution in [2.24, 2.45) is 0 Å². The minimum atomic E-state index is -0.256. The summed E-state index contributed by atoms with van der Waals surface area (Å²) in [6, 6.07) is 7.36. The summed E-state index contributed by atoms with van der Waals surface area (Å²) in [5, 5.41) is 3.40. The average molecular weight is 250 g/mol. The van der Waals surface area contributed by atoms with Gasteiger partial charge in [-0.2, -0.15) is 0 Å². The number of carbonyl (C=O) groups excluding carboxylic acids is 1. The third-order valence-electron chi connectivity index (χ3n) is 2.61. The third-order valence-corrected chi connectivity index (χ3v) is 2.91. The molecule has 1 aromatic carbocycles. The molecule has 0 radical (unpaired) electrons. The lowest BCUT2D eigenvalue weighted by Gasteiger charge is -2.15. The van der Waals surface area contributed by atoms with Gasteiger partial charge in [-0.1, -0.05) is 12.1 Å². The number of anilines is 1. The minimum absolute atomic E-state index is 0.0235. The van der Waals surface area contributed by atoms with Crippen LogP contribution in [0.4, 0.5) is 5.69 Å². The molecule has 1 aliphatic heterocycles. The Labute approximate surface area is 106 Å².